The highest BCUT2D eigenvalue weighted by Gasteiger charge is 2.26. The van der Waals surface area contributed by atoms with Crippen LogP contribution in [0.4, 0.5) is 5.95 Å². The second-order valence-electron chi connectivity index (χ2n) is 7.93. The molecule has 2 aliphatic heterocycles. The first kappa shape index (κ1) is 18.2. The van der Waals surface area contributed by atoms with Crippen molar-refractivity contribution in [2.45, 2.75) is 52.5 Å². The minimum absolute atomic E-state index is 0.0111. The highest BCUT2D eigenvalue weighted by molar-refractivity contribution is 5.35. The highest BCUT2D eigenvalue weighted by atomic mass is 16.5. The standard InChI is InChI=1S/C21H28N4O2/c1-14-5-4-6-17(9-14)12-24-8-7-18-19(13-24)22-21(23-20(18)26)25-10-15(2)27-16(3)11-25/h4-6,9,15-16H,7-8,10-13H2,1-3H3,(H,22,23,26)/t15-,16-/m0/s1. The van der Waals surface area contributed by atoms with Gasteiger partial charge in [-0.05, 0) is 32.8 Å². The van der Waals surface area contributed by atoms with E-state index in [9.17, 15) is 4.79 Å². The van der Waals surface area contributed by atoms with Gasteiger partial charge in [0.2, 0.25) is 5.95 Å². The molecule has 0 radical (unpaired) electrons. The molecule has 6 nitrogen and oxygen atoms in total. The highest BCUT2D eigenvalue weighted by Crippen LogP contribution is 2.21. The second kappa shape index (κ2) is 7.44. The van der Waals surface area contributed by atoms with Crippen molar-refractivity contribution in [3.05, 3.63) is 57.0 Å². The zero-order valence-electron chi connectivity index (χ0n) is 16.4. The van der Waals surface area contributed by atoms with E-state index >= 15 is 0 Å². The van der Waals surface area contributed by atoms with E-state index in [1.165, 1.54) is 11.1 Å². The summed E-state index contributed by atoms with van der Waals surface area (Å²) in [5.74, 6) is 0.679. The Balaban J connectivity index is 1.55. The SMILES string of the molecule is Cc1cccc(CN2CCc3c(nc(N4C[C@H](C)O[C@@H](C)C4)[nH]c3=O)C2)c1. The lowest BCUT2D eigenvalue weighted by Crippen LogP contribution is -2.47. The molecule has 0 unspecified atom stereocenters. The van der Waals surface area contributed by atoms with E-state index in [1.54, 1.807) is 0 Å². The van der Waals surface area contributed by atoms with Gasteiger partial charge in [-0.15, -0.1) is 0 Å². The normalized spacial score (nSPS) is 23.3. The van der Waals surface area contributed by atoms with Gasteiger partial charge in [-0.3, -0.25) is 14.7 Å². The minimum atomic E-state index is 0.0111. The monoisotopic (exact) mass is 368 g/mol. The van der Waals surface area contributed by atoms with Gasteiger partial charge in [0.15, 0.2) is 0 Å². The van der Waals surface area contributed by atoms with E-state index in [0.29, 0.717) is 5.95 Å². The number of aromatic nitrogens is 2. The van der Waals surface area contributed by atoms with Crippen molar-refractivity contribution in [1.82, 2.24) is 14.9 Å². The quantitative estimate of drug-likeness (QED) is 0.900. The Bertz CT molecular complexity index is 869. The predicted octanol–water partition coefficient (Wildman–Crippen LogP) is 2.25. The maximum absolute atomic E-state index is 12.6. The molecule has 0 spiro atoms. The zero-order chi connectivity index (χ0) is 19.0. The summed E-state index contributed by atoms with van der Waals surface area (Å²) in [4.78, 5) is 25.0. The molecule has 3 heterocycles. The van der Waals surface area contributed by atoms with Crippen molar-refractivity contribution >= 4 is 5.95 Å². The van der Waals surface area contributed by atoms with E-state index in [0.717, 1.165) is 50.4 Å². The first-order valence-corrected chi connectivity index (χ1v) is 9.78. The third-order valence-corrected chi connectivity index (χ3v) is 5.35. The van der Waals surface area contributed by atoms with Crippen molar-refractivity contribution in [3.8, 4) is 0 Å². The molecule has 1 fully saturated rings. The topological polar surface area (TPSA) is 61.5 Å². The Morgan fingerprint density at radius 3 is 2.78 bits per heavy atom. The Kier molecular flexibility index (Phi) is 5.02. The Labute approximate surface area is 160 Å². The molecule has 0 amide bonds. The average molecular weight is 368 g/mol. The van der Waals surface area contributed by atoms with Gasteiger partial charge >= 0.3 is 0 Å². The first-order chi connectivity index (χ1) is 13.0. The molecule has 1 saturated heterocycles. The Hall–Kier alpha value is -2.18. The molecule has 4 rings (SSSR count). The van der Waals surface area contributed by atoms with Gasteiger partial charge < -0.3 is 9.64 Å². The molecule has 2 aromatic rings. The first-order valence-electron chi connectivity index (χ1n) is 9.78. The molecule has 6 heteroatoms. The predicted molar refractivity (Wildman–Crippen MR) is 106 cm³/mol. The van der Waals surface area contributed by atoms with E-state index in [2.05, 4.69) is 59.8 Å². The van der Waals surface area contributed by atoms with Crippen LogP contribution in [0.1, 0.15) is 36.2 Å². The number of H-pyrrole nitrogens is 1. The number of aryl methyl sites for hydroxylation is 1. The number of aromatic amines is 1. The van der Waals surface area contributed by atoms with Gasteiger partial charge in [-0.25, -0.2) is 4.98 Å². The fourth-order valence-corrected chi connectivity index (χ4v) is 4.18. The van der Waals surface area contributed by atoms with Crippen LogP contribution in [-0.2, 0) is 24.2 Å². The number of anilines is 1. The molecule has 0 aliphatic carbocycles. The minimum Gasteiger partial charge on any atom is -0.372 e. The molecular weight excluding hydrogens is 340 g/mol. The van der Waals surface area contributed by atoms with E-state index in [4.69, 9.17) is 9.72 Å². The summed E-state index contributed by atoms with van der Waals surface area (Å²) >= 11 is 0. The number of nitrogens with zero attached hydrogens (tertiary/aromatic N) is 3. The maximum Gasteiger partial charge on any atom is 0.255 e. The lowest BCUT2D eigenvalue weighted by atomic mass is 10.1. The lowest BCUT2D eigenvalue weighted by molar-refractivity contribution is -0.00576. The zero-order valence-corrected chi connectivity index (χ0v) is 16.4. The van der Waals surface area contributed by atoms with Crippen molar-refractivity contribution < 1.29 is 4.74 Å². The van der Waals surface area contributed by atoms with E-state index in [-0.39, 0.29) is 17.8 Å². The number of morpholine rings is 1. The smallest absolute Gasteiger partial charge is 0.255 e. The summed E-state index contributed by atoms with van der Waals surface area (Å²) < 4.78 is 5.80. The van der Waals surface area contributed by atoms with Crippen molar-refractivity contribution in [2.24, 2.45) is 0 Å². The number of nitrogens with one attached hydrogen (secondary N) is 1. The molecule has 27 heavy (non-hydrogen) atoms. The van der Waals surface area contributed by atoms with Crippen LogP contribution in [0.2, 0.25) is 0 Å². The summed E-state index contributed by atoms with van der Waals surface area (Å²) in [6.45, 7) is 10.2. The fraction of sp³-hybridized carbons (Fsp3) is 0.524. The average Bonchev–Trinajstić information content (AvgIpc) is 2.60. The van der Waals surface area contributed by atoms with E-state index in [1.807, 2.05) is 0 Å². The molecule has 0 saturated carbocycles. The summed E-state index contributed by atoms with van der Waals surface area (Å²) in [5.41, 5.74) is 4.35. The van der Waals surface area contributed by atoms with Crippen LogP contribution in [0.5, 0.6) is 0 Å². The van der Waals surface area contributed by atoms with Crippen molar-refractivity contribution in [2.75, 3.05) is 24.5 Å². The van der Waals surface area contributed by atoms with Crippen molar-refractivity contribution in [1.29, 1.82) is 0 Å². The summed E-state index contributed by atoms with van der Waals surface area (Å²) in [6.07, 6.45) is 1.01. The molecule has 2 aliphatic rings. The number of fused-ring (bicyclic) bond motifs is 1. The third-order valence-electron chi connectivity index (χ3n) is 5.35. The van der Waals surface area contributed by atoms with Gasteiger partial charge in [-0.1, -0.05) is 29.8 Å². The molecule has 1 aromatic carbocycles. The molecule has 144 valence electrons. The van der Waals surface area contributed by atoms with Gasteiger partial charge in [0, 0.05) is 38.3 Å². The van der Waals surface area contributed by atoms with Crippen LogP contribution < -0.4 is 10.5 Å². The van der Waals surface area contributed by atoms with Gasteiger partial charge in [0.25, 0.3) is 5.56 Å². The Morgan fingerprint density at radius 1 is 1.26 bits per heavy atom. The molecule has 2 atom stereocenters. The Morgan fingerprint density at radius 2 is 2.04 bits per heavy atom. The number of hydrogen-bond acceptors (Lipinski definition) is 5. The van der Waals surface area contributed by atoms with Gasteiger partial charge in [0.05, 0.1) is 17.9 Å². The molecule has 0 bridgehead atoms. The van der Waals surface area contributed by atoms with Gasteiger partial charge in [0.1, 0.15) is 0 Å². The number of rotatable bonds is 3. The largest absolute Gasteiger partial charge is 0.372 e. The van der Waals surface area contributed by atoms with Crippen LogP contribution in [0, 0.1) is 6.92 Å². The second-order valence-corrected chi connectivity index (χ2v) is 7.93. The lowest BCUT2D eigenvalue weighted by Gasteiger charge is -2.36. The number of ether oxygens (including phenoxy) is 1. The third kappa shape index (κ3) is 4.06. The summed E-state index contributed by atoms with van der Waals surface area (Å²) in [7, 11) is 0. The molecular formula is C21H28N4O2. The summed E-state index contributed by atoms with van der Waals surface area (Å²) in [5, 5.41) is 0. The van der Waals surface area contributed by atoms with Crippen LogP contribution in [0.15, 0.2) is 29.1 Å². The fourth-order valence-electron chi connectivity index (χ4n) is 4.18. The van der Waals surface area contributed by atoms with Crippen LogP contribution >= 0.6 is 0 Å². The van der Waals surface area contributed by atoms with Crippen LogP contribution in [0.3, 0.4) is 0 Å². The van der Waals surface area contributed by atoms with E-state index < -0.39 is 0 Å². The number of hydrogen-bond donors (Lipinski definition) is 1. The summed E-state index contributed by atoms with van der Waals surface area (Å²) in [6, 6.07) is 8.61. The van der Waals surface area contributed by atoms with Gasteiger partial charge in [-0.2, -0.15) is 0 Å². The van der Waals surface area contributed by atoms with Crippen LogP contribution in [0.25, 0.3) is 0 Å². The van der Waals surface area contributed by atoms with Crippen LogP contribution in [-0.4, -0.2) is 46.7 Å². The van der Waals surface area contributed by atoms with Crippen molar-refractivity contribution in [3.63, 3.8) is 0 Å². The molecule has 1 aromatic heterocycles. The maximum atomic E-state index is 12.6. The molecule has 1 N–H and O–H groups in total. The number of benzene rings is 1.